The van der Waals surface area contributed by atoms with Crippen LogP contribution < -0.4 is 15.6 Å². The third-order valence-electron chi connectivity index (χ3n) is 10.2. The number of fused-ring (bicyclic) bond motifs is 3. The average molecular weight is 595 g/mol. The van der Waals surface area contributed by atoms with Gasteiger partial charge in [0.15, 0.2) is 8.07 Å². The Kier molecular flexibility index (Phi) is 7.36. The van der Waals surface area contributed by atoms with Crippen molar-refractivity contribution in [2.45, 2.75) is 92.0 Å². The van der Waals surface area contributed by atoms with Crippen LogP contribution in [0.1, 0.15) is 91.5 Å². The lowest BCUT2D eigenvalue weighted by atomic mass is 9.83. The summed E-state index contributed by atoms with van der Waals surface area (Å²) < 4.78 is 0. The number of allylic oxidation sites excluding steroid dienone is 4. The van der Waals surface area contributed by atoms with E-state index in [9.17, 15) is 0 Å². The molecule has 2 aliphatic rings. The van der Waals surface area contributed by atoms with Crippen LogP contribution in [-0.2, 0) is 17.3 Å². The quantitative estimate of drug-likeness (QED) is 0.144. The molecular weight excluding hydrogens is 545 g/mol. The molecule has 0 saturated heterocycles. The summed E-state index contributed by atoms with van der Waals surface area (Å²) in [6.07, 6.45) is 6.17. The van der Waals surface area contributed by atoms with Crippen LogP contribution in [0, 0.1) is 5.41 Å². The molecule has 226 valence electrons. The van der Waals surface area contributed by atoms with Crippen LogP contribution in [0.5, 0.6) is 0 Å². The number of hydrogen-bond acceptors (Lipinski definition) is 0. The van der Waals surface area contributed by atoms with Crippen LogP contribution in [-0.4, -0.2) is 8.07 Å². The molecule has 0 bridgehead atoms. The molecule has 0 radical (unpaired) electrons. The van der Waals surface area contributed by atoms with E-state index in [0.717, 1.165) is 6.42 Å². The fourth-order valence-corrected chi connectivity index (χ4v) is 13.3. The van der Waals surface area contributed by atoms with Crippen molar-refractivity contribution in [1.82, 2.24) is 0 Å². The van der Waals surface area contributed by atoms with Gasteiger partial charge in [-0.2, -0.15) is 0 Å². The minimum atomic E-state index is -2.68. The van der Waals surface area contributed by atoms with Crippen molar-refractivity contribution in [3.8, 4) is 11.1 Å². The summed E-state index contributed by atoms with van der Waals surface area (Å²) in [5.74, 6) is 0. The smallest absolute Gasteiger partial charge is 0.0753 e. The highest BCUT2D eigenvalue weighted by Gasteiger charge is 2.50. The standard InChI is InChI=1S/C43H50Si/c1-29-23-32(42(5,6)7)27-39(29)44(34-17-13-11-14-18-34,35-19-15-12-16-20-35)40-28-33(43(8,9)10)26-37-36-25-31(41(2,3)4)22-21-30(36)24-38(37)40/h11-23,25-28,39H,24H2,1-10H3. The predicted octanol–water partition coefficient (Wildman–Crippen LogP) is 9.63. The van der Waals surface area contributed by atoms with Crippen LogP contribution >= 0.6 is 0 Å². The van der Waals surface area contributed by atoms with Gasteiger partial charge in [-0.05, 0) is 84.1 Å². The zero-order valence-corrected chi connectivity index (χ0v) is 29.6. The first-order valence-electron chi connectivity index (χ1n) is 16.4. The first kappa shape index (κ1) is 30.6. The average Bonchev–Trinajstić information content (AvgIpc) is 3.54. The fraction of sp³-hybridized carbons (Fsp3) is 0.349. The summed E-state index contributed by atoms with van der Waals surface area (Å²) in [6, 6.07) is 35.7. The molecule has 0 saturated carbocycles. The van der Waals surface area contributed by atoms with Crippen molar-refractivity contribution in [1.29, 1.82) is 0 Å². The van der Waals surface area contributed by atoms with Crippen molar-refractivity contribution in [3.63, 3.8) is 0 Å². The third kappa shape index (κ3) is 5.08. The second-order valence-corrected chi connectivity index (χ2v) is 20.3. The largest absolute Gasteiger partial charge is 0.159 e. The Balaban J connectivity index is 1.77. The van der Waals surface area contributed by atoms with E-state index >= 15 is 0 Å². The highest BCUT2D eigenvalue weighted by molar-refractivity contribution is 7.13. The van der Waals surface area contributed by atoms with Gasteiger partial charge in [0.1, 0.15) is 0 Å². The van der Waals surface area contributed by atoms with Gasteiger partial charge in [0.05, 0.1) is 0 Å². The molecule has 0 aliphatic heterocycles. The van der Waals surface area contributed by atoms with Crippen LogP contribution in [0.15, 0.2) is 114 Å². The van der Waals surface area contributed by atoms with E-state index in [1.54, 1.807) is 10.8 Å². The van der Waals surface area contributed by atoms with Crippen LogP contribution in [0.25, 0.3) is 11.1 Å². The molecule has 0 spiro atoms. The Labute approximate surface area is 268 Å². The molecule has 0 heterocycles. The van der Waals surface area contributed by atoms with Gasteiger partial charge < -0.3 is 0 Å². The van der Waals surface area contributed by atoms with Gasteiger partial charge in [0.2, 0.25) is 0 Å². The van der Waals surface area contributed by atoms with Crippen molar-refractivity contribution in [2.24, 2.45) is 5.41 Å². The molecule has 1 unspecified atom stereocenters. The van der Waals surface area contributed by atoms with Gasteiger partial charge in [0, 0.05) is 5.54 Å². The molecule has 1 heteroatoms. The van der Waals surface area contributed by atoms with E-state index in [1.165, 1.54) is 49.3 Å². The van der Waals surface area contributed by atoms with Gasteiger partial charge in [-0.1, -0.05) is 171 Å². The number of hydrogen-bond donors (Lipinski definition) is 0. The highest BCUT2D eigenvalue weighted by Crippen LogP contribution is 2.46. The summed E-state index contributed by atoms with van der Waals surface area (Å²) in [6.45, 7) is 23.6. The minimum absolute atomic E-state index is 0.0225. The van der Waals surface area contributed by atoms with Gasteiger partial charge >= 0.3 is 0 Å². The molecule has 0 nitrogen and oxygen atoms in total. The van der Waals surface area contributed by atoms with Gasteiger partial charge in [-0.25, -0.2) is 0 Å². The van der Waals surface area contributed by atoms with Crippen LogP contribution in [0.4, 0.5) is 0 Å². The molecule has 1 atom stereocenters. The first-order valence-corrected chi connectivity index (χ1v) is 18.5. The molecule has 0 fully saturated rings. The predicted molar refractivity (Wildman–Crippen MR) is 195 cm³/mol. The molecule has 0 N–H and O–H groups in total. The summed E-state index contributed by atoms with van der Waals surface area (Å²) in [7, 11) is -2.68. The number of rotatable bonds is 4. The lowest BCUT2D eigenvalue weighted by Gasteiger charge is -2.41. The maximum absolute atomic E-state index is 2.68. The molecule has 6 rings (SSSR count). The van der Waals surface area contributed by atoms with Crippen molar-refractivity contribution in [2.75, 3.05) is 0 Å². The van der Waals surface area contributed by atoms with Crippen LogP contribution in [0.2, 0.25) is 5.54 Å². The summed E-state index contributed by atoms with van der Waals surface area (Å²) in [4.78, 5) is 0. The van der Waals surface area contributed by atoms with Crippen LogP contribution in [0.3, 0.4) is 0 Å². The summed E-state index contributed by atoms with van der Waals surface area (Å²) in [5.41, 5.74) is 12.3. The molecule has 4 aromatic rings. The van der Waals surface area contributed by atoms with Gasteiger partial charge in [-0.15, -0.1) is 0 Å². The minimum Gasteiger partial charge on any atom is -0.0753 e. The van der Waals surface area contributed by atoms with E-state index < -0.39 is 8.07 Å². The zero-order chi connectivity index (χ0) is 31.7. The first-order chi connectivity index (χ1) is 20.6. The second-order valence-electron chi connectivity index (χ2n) is 16.4. The Morgan fingerprint density at radius 3 is 1.64 bits per heavy atom. The monoisotopic (exact) mass is 594 g/mol. The Morgan fingerprint density at radius 1 is 0.591 bits per heavy atom. The normalized spacial score (nSPS) is 16.8. The molecule has 4 aromatic carbocycles. The molecule has 0 amide bonds. The zero-order valence-electron chi connectivity index (χ0n) is 28.6. The number of benzene rings is 4. The van der Waals surface area contributed by atoms with Gasteiger partial charge in [-0.3, -0.25) is 0 Å². The van der Waals surface area contributed by atoms with E-state index in [0.29, 0.717) is 5.54 Å². The molecule has 44 heavy (non-hydrogen) atoms. The summed E-state index contributed by atoms with van der Waals surface area (Å²) in [5, 5.41) is 4.58. The third-order valence-corrected chi connectivity index (χ3v) is 15.5. The Morgan fingerprint density at radius 2 is 1.14 bits per heavy atom. The Hall–Kier alpha value is -3.42. The fourth-order valence-electron chi connectivity index (χ4n) is 7.56. The molecule has 2 aliphatic carbocycles. The topological polar surface area (TPSA) is 0 Å². The van der Waals surface area contributed by atoms with Crippen molar-refractivity contribution in [3.05, 3.63) is 137 Å². The maximum Gasteiger partial charge on any atom is 0.159 e. The summed E-state index contributed by atoms with van der Waals surface area (Å²) >= 11 is 0. The van der Waals surface area contributed by atoms with Crippen molar-refractivity contribution >= 4 is 23.6 Å². The SMILES string of the molecule is CC1=CC(C(C)(C)C)=CC1[Si](c1ccccc1)(c1ccccc1)c1cc(C(C)(C)C)cc2c1Cc1ccc(C(C)(C)C)cc1-2. The highest BCUT2D eigenvalue weighted by atomic mass is 28.3. The van der Waals surface area contributed by atoms with Gasteiger partial charge in [0.25, 0.3) is 0 Å². The van der Waals surface area contributed by atoms with E-state index in [2.05, 4.69) is 172 Å². The van der Waals surface area contributed by atoms with Crippen molar-refractivity contribution < 1.29 is 0 Å². The van der Waals surface area contributed by atoms with E-state index in [-0.39, 0.29) is 16.2 Å². The second kappa shape index (κ2) is 10.6. The lowest BCUT2D eigenvalue weighted by Crippen LogP contribution is -2.70. The lowest BCUT2D eigenvalue weighted by molar-refractivity contribution is 0.517. The van der Waals surface area contributed by atoms with E-state index in [1.807, 2.05) is 0 Å². The van der Waals surface area contributed by atoms with E-state index in [4.69, 9.17) is 0 Å². The Bertz CT molecular complexity index is 1720. The molecule has 0 aromatic heterocycles. The maximum atomic E-state index is 2.66. The molecular formula is C43H50Si.